The average Bonchev–Trinajstić information content (AvgIpc) is 2.29. The molecule has 0 saturated carbocycles. The van der Waals surface area contributed by atoms with Gasteiger partial charge in [-0.2, -0.15) is 0 Å². The highest BCUT2D eigenvalue weighted by molar-refractivity contribution is 6.80. The number of rotatable bonds is 2. The van der Waals surface area contributed by atoms with Crippen molar-refractivity contribution in [3.63, 3.8) is 0 Å². The Hall–Kier alpha value is -1.57. The molecule has 0 amide bonds. The van der Waals surface area contributed by atoms with Crippen LogP contribution in [0.25, 0.3) is 0 Å². The maximum atomic E-state index is 14.4. The SMILES string of the molecule is Cc1ccccc1B(F)c1ccccc1C. The average molecular weight is 212 g/mol. The summed E-state index contributed by atoms with van der Waals surface area (Å²) in [5, 5.41) is 0. The van der Waals surface area contributed by atoms with Crippen molar-refractivity contribution in [3.05, 3.63) is 59.7 Å². The van der Waals surface area contributed by atoms with E-state index in [1.165, 1.54) is 0 Å². The largest absolute Gasteiger partial charge is 0.414 e. The Labute approximate surface area is 96.3 Å². The van der Waals surface area contributed by atoms with Crippen LogP contribution in [-0.2, 0) is 0 Å². The maximum Gasteiger partial charge on any atom is 0.414 e. The zero-order valence-corrected chi connectivity index (χ0v) is 9.57. The third-order valence-electron chi connectivity index (χ3n) is 2.92. The van der Waals surface area contributed by atoms with Gasteiger partial charge in [-0.1, -0.05) is 59.7 Å². The highest BCUT2D eigenvalue weighted by atomic mass is 19.1. The van der Waals surface area contributed by atoms with Crippen LogP contribution < -0.4 is 10.9 Å². The number of aryl methyl sites for hydroxylation is 2. The second-order valence-corrected chi connectivity index (χ2v) is 4.08. The molecule has 0 atom stereocenters. The molecule has 2 aromatic carbocycles. The van der Waals surface area contributed by atoms with Gasteiger partial charge in [0.2, 0.25) is 0 Å². The van der Waals surface area contributed by atoms with Crippen molar-refractivity contribution in [2.24, 2.45) is 0 Å². The van der Waals surface area contributed by atoms with Crippen LogP contribution in [0.15, 0.2) is 48.5 Å². The third kappa shape index (κ3) is 2.01. The van der Waals surface area contributed by atoms with Gasteiger partial charge in [-0.3, -0.25) is 0 Å². The molecule has 0 aliphatic carbocycles. The molecule has 2 rings (SSSR count). The molecule has 0 saturated heterocycles. The fraction of sp³-hybridized carbons (Fsp3) is 0.143. The Morgan fingerprint density at radius 1 is 0.750 bits per heavy atom. The van der Waals surface area contributed by atoms with Crippen LogP contribution in [-0.4, -0.2) is 6.99 Å². The number of hydrogen-bond acceptors (Lipinski definition) is 0. The molecule has 0 fully saturated rings. The molecule has 2 aromatic rings. The number of halogens is 1. The van der Waals surface area contributed by atoms with Crippen molar-refractivity contribution in [1.82, 2.24) is 0 Å². The van der Waals surface area contributed by atoms with E-state index >= 15 is 0 Å². The second kappa shape index (κ2) is 4.52. The van der Waals surface area contributed by atoms with Gasteiger partial charge in [-0.15, -0.1) is 0 Å². The summed E-state index contributed by atoms with van der Waals surface area (Å²) < 4.78 is 14.4. The van der Waals surface area contributed by atoms with Crippen molar-refractivity contribution in [2.75, 3.05) is 0 Å². The highest BCUT2D eigenvalue weighted by Gasteiger charge is 2.22. The normalized spacial score (nSPS) is 10.2. The molecule has 80 valence electrons. The fourth-order valence-electron chi connectivity index (χ4n) is 1.91. The Morgan fingerprint density at radius 3 is 1.50 bits per heavy atom. The quantitative estimate of drug-likeness (QED) is 0.670. The maximum absolute atomic E-state index is 14.4. The smallest absolute Gasteiger partial charge is 0.322 e. The molecular formula is C14H14BF. The monoisotopic (exact) mass is 212 g/mol. The molecule has 0 heterocycles. The van der Waals surface area contributed by atoms with Gasteiger partial charge in [-0.25, -0.2) is 0 Å². The molecule has 0 aliphatic rings. The van der Waals surface area contributed by atoms with E-state index < -0.39 is 6.99 Å². The Kier molecular flexibility index (Phi) is 3.09. The molecule has 16 heavy (non-hydrogen) atoms. The predicted molar refractivity (Wildman–Crippen MR) is 68.5 cm³/mol. The van der Waals surface area contributed by atoms with E-state index in [1.54, 1.807) is 0 Å². The third-order valence-corrected chi connectivity index (χ3v) is 2.92. The van der Waals surface area contributed by atoms with Gasteiger partial charge < -0.3 is 4.32 Å². The Balaban J connectivity index is 2.44. The van der Waals surface area contributed by atoms with Gasteiger partial charge in [0.05, 0.1) is 0 Å². The highest BCUT2D eigenvalue weighted by Crippen LogP contribution is 2.01. The van der Waals surface area contributed by atoms with Crippen LogP contribution in [0.1, 0.15) is 11.1 Å². The minimum Gasteiger partial charge on any atom is -0.322 e. The van der Waals surface area contributed by atoms with E-state index in [9.17, 15) is 4.32 Å². The minimum atomic E-state index is -1.03. The number of benzene rings is 2. The molecule has 0 nitrogen and oxygen atoms in total. The van der Waals surface area contributed by atoms with E-state index in [2.05, 4.69) is 0 Å². The van der Waals surface area contributed by atoms with Crippen molar-refractivity contribution in [3.8, 4) is 0 Å². The molecule has 0 aromatic heterocycles. The van der Waals surface area contributed by atoms with E-state index in [1.807, 2.05) is 62.4 Å². The van der Waals surface area contributed by atoms with Crippen LogP contribution in [0, 0.1) is 13.8 Å². The summed E-state index contributed by atoms with van der Waals surface area (Å²) in [7, 11) is 0. The van der Waals surface area contributed by atoms with Gasteiger partial charge in [0.15, 0.2) is 0 Å². The van der Waals surface area contributed by atoms with E-state index in [0.717, 1.165) is 22.1 Å². The molecule has 0 bridgehead atoms. The molecule has 0 aliphatic heterocycles. The van der Waals surface area contributed by atoms with Crippen LogP contribution in [0.2, 0.25) is 0 Å². The summed E-state index contributed by atoms with van der Waals surface area (Å²) >= 11 is 0. The van der Waals surface area contributed by atoms with E-state index in [-0.39, 0.29) is 0 Å². The first kappa shape index (κ1) is 10.9. The van der Waals surface area contributed by atoms with Crippen LogP contribution in [0.3, 0.4) is 0 Å². The second-order valence-electron chi connectivity index (χ2n) is 4.08. The van der Waals surface area contributed by atoms with E-state index in [4.69, 9.17) is 0 Å². The van der Waals surface area contributed by atoms with Gasteiger partial charge in [0, 0.05) is 0 Å². The van der Waals surface area contributed by atoms with Gasteiger partial charge in [0.1, 0.15) is 0 Å². The van der Waals surface area contributed by atoms with Crippen molar-refractivity contribution >= 4 is 17.9 Å². The van der Waals surface area contributed by atoms with Gasteiger partial charge >= 0.3 is 6.99 Å². The topological polar surface area (TPSA) is 0 Å². The summed E-state index contributed by atoms with van der Waals surface area (Å²) in [6.45, 7) is 2.86. The zero-order valence-electron chi connectivity index (χ0n) is 9.57. The summed E-state index contributed by atoms with van der Waals surface area (Å²) in [5.74, 6) is 0. The van der Waals surface area contributed by atoms with Crippen LogP contribution in [0.4, 0.5) is 4.32 Å². The predicted octanol–water partition coefficient (Wildman–Crippen LogP) is 2.38. The lowest BCUT2D eigenvalue weighted by Gasteiger charge is -2.10. The molecule has 0 N–H and O–H groups in total. The molecular weight excluding hydrogens is 198 g/mol. The number of hydrogen-bond donors (Lipinski definition) is 0. The van der Waals surface area contributed by atoms with E-state index in [0.29, 0.717) is 0 Å². The zero-order chi connectivity index (χ0) is 11.5. The molecule has 0 spiro atoms. The standard InChI is InChI=1S/C14H14BF/c1-11-7-3-5-9-13(11)15(16)14-10-6-4-8-12(14)2/h3-10H,1-2H3. The van der Waals surface area contributed by atoms with Crippen LogP contribution in [0.5, 0.6) is 0 Å². The summed E-state index contributed by atoms with van der Waals surface area (Å²) in [6, 6.07) is 15.2. The summed E-state index contributed by atoms with van der Waals surface area (Å²) in [4.78, 5) is 0. The molecule has 0 unspecified atom stereocenters. The molecule has 0 radical (unpaired) electrons. The first-order valence-electron chi connectivity index (χ1n) is 5.45. The fourth-order valence-corrected chi connectivity index (χ4v) is 1.91. The lowest BCUT2D eigenvalue weighted by molar-refractivity contribution is 0.863. The van der Waals surface area contributed by atoms with Crippen molar-refractivity contribution in [2.45, 2.75) is 13.8 Å². The summed E-state index contributed by atoms with van der Waals surface area (Å²) in [6.07, 6.45) is 0. The lowest BCUT2D eigenvalue weighted by atomic mass is 9.56. The Bertz CT molecular complexity index is 448. The first-order chi connectivity index (χ1) is 7.70. The van der Waals surface area contributed by atoms with Gasteiger partial charge in [0.25, 0.3) is 0 Å². The summed E-state index contributed by atoms with van der Waals surface area (Å²) in [5.41, 5.74) is 3.52. The first-order valence-corrected chi connectivity index (χ1v) is 5.45. The lowest BCUT2D eigenvalue weighted by Crippen LogP contribution is -2.40. The molecule has 2 heteroatoms. The minimum absolute atomic E-state index is 0.761. The van der Waals surface area contributed by atoms with Crippen molar-refractivity contribution < 1.29 is 4.32 Å². The van der Waals surface area contributed by atoms with Crippen LogP contribution >= 0.6 is 0 Å². The Morgan fingerprint density at radius 2 is 1.12 bits per heavy atom. The van der Waals surface area contributed by atoms with Crippen molar-refractivity contribution in [1.29, 1.82) is 0 Å². The van der Waals surface area contributed by atoms with Gasteiger partial charge in [-0.05, 0) is 24.8 Å².